The molecule has 0 aliphatic heterocycles. The van der Waals surface area contributed by atoms with Crippen LogP contribution >= 0.6 is 0 Å². The van der Waals surface area contributed by atoms with E-state index in [4.69, 9.17) is 9.90 Å². The van der Waals surface area contributed by atoms with E-state index in [-0.39, 0.29) is 6.47 Å². The number of phenolic OH excluding ortho intramolecular Hbond substituents is 1. The Bertz CT molecular complexity index is 398. The third kappa shape index (κ3) is 3.47. The van der Waals surface area contributed by atoms with Gasteiger partial charge in [0.05, 0.1) is 0 Å². The standard InChI is InChI=1S/C13H23N3O.CH2O2/c1-14(2)13(15(3)4,16(5)6)11-9-7-8-10-12(11)17;2-1-3/h7-10,17H,1-6H3;1H,(H,2,3). The molecular weight excluding hydrogens is 258 g/mol. The Balaban J connectivity index is 0.00000110. The second-order valence-electron chi connectivity index (χ2n) is 4.94. The van der Waals surface area contributed by atoms with E-state index in [1.54, 1.807) is 6.07 Å². The van der Waals surface area contributed by atoms with Crippen molar-refractivity contribution in [3.63, 3.8) is 0 Å². The van der Waals surface area contributed by atoms with Crippen LogP contribution in [0.25, 0.3) is 0 Å². The van der Waals surface area contributed by atoms with Gasteiger partial charge in [-0.05, 0) is 48.4 Å². The summed E-state index contributed by atoms with van der Waals surface area (Å²) in [5, 5.41) is 17.0. The Labute approximate surface area is 120 Å². The normalized spacial score (nSPS) is 11.4. The molecule has 0 aliphatic carbocycles. The second kappa shape index (κ2) is 7.84. The maximum absolute atomic E-state index is 10.1. The van der Waals surface area contributed by atoms with Gasteiger partial charge in [-0.15, -0.1) is 0 Å². The van der Waals surface area contributed by atoms with E-state index in [2.05, 4.69) is 14.7 Å². The van der Waals surface area contributed by atoms with Gasteiger partial charge in [-0.25, -0.2) is 0 Å². The largest absolute Gasteiger partial charge is 0.507 e. The van der Waals surface area contributed by atoms with Gasteiger partial charge in [0.1, 0.15) is 5.75 Å². The second-order valence-corrected chi connectivity index (χ2v) is 4.94. The lowest BCUT2D eigenvalue weighted by molar-refractivity contribution is -0.122. The quantitative estimate of drug-likeness (QED) is 0.632. The molecule has 0 aromatic heterocycles. The van der Waals surface area contributed by atoms with E-state index >= 15 is 0 Å². The highest BCUT2D eigenvalue weighted by Gasteiger charge is 2.41. The fourth-order valence-electron chi connectivity index (χ4n) is 2.68. The van der Waals surface area contributed by atoms with E-state index in [1.165, 1.54) is 0 Å². The highest BCUT2D eigenvalue weighted by Crippen LogP contribution is 2.36. The summed E-state index contributed by atoms with van der Waals surface area (Å²) >= 11 is 0. The summed E-state index contributed by atoms with van der Waals surface area (Å²) in [5.74, 6) is -0.158. The van der Waals surface area contributed by atoms with Crippen molar-refractivity contribution in [3.05, 3.63) is 29.8 Å². The predicted molar refractivity (Wildman–Crippen MR) is 79.5 cm³/mol. The average Bonchev–Trinajstić information content (AvgIpc) is 2.31. The van der Waals surface area contributed by atoms with Crippen molar-refractivity contribution < 1.29 is 15.0 Å². The van der Waals surface area contributed by atoms with Crippen LogP contribution in [-0.4, -0.2) is 73.7 Å². The fraction of sp³-hybridized carbons (Fsp3) is 0.500. The molecule has 2 N–H and O–H groups in total. The van der Waals surface area contributed by atoms with Gasteiger partial charge in [0.25, 0.3) is 6.47 Å². The SMILES string of the molecule is CN(C)C(c1ccccc1O)(N(C)C)N(C)C.O=CO. The summed E-state index contributed by atoms with van der Waals surface area (Å²) in [6.45, 7) is -0.250. The van der Waals surface area contributed by atoms with E-state index in [9.17, 15) is 5.11 Å². The third-order valence-electron chi connectivity index (χ3n) is 3.14. The lowest BCUT2D eigenvalue weighted by atomic mass is 10.0. The number of para-hydroxylation sites is 1. The molecule has 0 heterocycles. The van der Waals surface area contributed by atoms with Crippen LogP contribution in [0.1, 0.15) is 5.56 Å². The van der Waals surface area contributed by atoms with Crippen LogP contribution < -0.4 is 0 Å². The monoisotopic (exact) mass is 283 g/mol. The van der Waals surface area contributed by atoms with Crippen molar-refractivity contribution in [2.75, 3.05) is 42.3 Å². The number of carbonyl (C=O) groups is 1. The number of phenols is 1. The molecule has 0 unspecified atom stereocenters. The van der Waals surface area contributed by atoms with Gasteiger partial charge in [-0.2, -0.15) is 0 Å². The number of hydrogen-bond donors (Lipinski definition) is 2. The van der Waals surface area contributed by atoms with Crippen LogP contribution in [0.3, 0.4) is 0 Å². The number of benzene rings is 1. The van der Waals surface area contributed by atoms with Gasteiger partial charge < -0.3 is 10.2 Å². The van der Waals surface area contributed by atoms with E-state index in [0.717, 1.165) is 5.56 Å². The zero-order chi connectivity index (χ0) is 15.9. The van der Waals surface area contributed by atoms with Crippen molar-refractivity contribution in [2.45, 2.75) is 5.79 Å². The summed E-state index contributed by atoms with van der Waals surface area (Å²) in [4.78, 5) is 14.6. The lowest BCUT2D eigenvalue weighted by Crippen LogP contribution is -2.61. The van der Waals surface area contributed by atoms with Crippen molar-refractivity contribution in [1.29, 1.82) is 0 Å². The zero-order valence-electron chi connectivity index (χ0n) is 13.0. The molecule has 0 radical (unpaired) electrons. The Morgan fingerprint density at radius 2 is 1.30 bits per heavy atom. The molecule has 0 aliphatic rings. The minimum absolute atomic E-state index is 0.250. The minimum Gasteiger partial charge on any atom is -0.507 e. The lowest BCUT2D eigenvalue weighted by Gasteiger charge is -2.50. The molecule has 0 saturated heterocycles. The zero-order valence-corrected chi connectivity index (χ0v) is 13.0. The minimum atomic E-state index is -0.467. The molecule has 0 fully saturated rings. The molecule has 1 aromatic rings. The highest BCUT2D eigenvalue weighted by molar-refractivity contribution is 5.37. The molecule has 0 amide bonds. The molecule has 1 aromatic carbocycles. The van der Waals surface area contributed by atoms with E-state index in [1.807, 2.05) is 60.5 Å². The van der Waals surface area contributed by atoms with Crippen molar-refractivity contribution in [3.8, 4) is 5.75 Å². The summed E-state index contributed by atoms with van der Waals surface area (Å²) in [5.41, 5.74) is 0.875. The van der Waals surface area contributed by atoms with Gasteiger partial charge in [-0.3, -0.25) is 19.5 Å². The summed E-state index contributed by atoms with van der Waals surface area (Å²) < 4.78 is 0. The van der Waals surface area contributed by atoms with Gasteiger partial charge >= 0.3 is 0 Å². The molecule has 0 bridgehead atoms. The Hall–Kier alpha value is -1.63. The number of rotatable bonds is 4. The van der Waals surface area contributed by atoms with Gasteiger partial charge in [0.2, 0.25) is 0 Å². The van der Waals surface area contributed by atoms with Crippen LogP contribution in [-0.2, 0) is 10.6 Å². The first-order chi connectivity index (χ1) is 9.26. The Morgan fingerprint density at radius 3 is 1.60 bits per heavy atom. The topological polar surface area (TPSA) is 67.2 Å². The van der Waals surface area contributed by atoms with Crippen molar-refractivity contribution in [1.82, 2.24) is 14.7 Å². The molecule has 114 valence electrons. The molecular formula is C14H25N3O3. The fourth-order valence-corrected chi connectivity index (χ4v) is 2.68. The molecule has 1 rings (SSSR count). The van der Waals surface area contributed by atoms with Crippen LogP contribution in [0.4, 0.5) is 0 Å². The molecule has 20 heavy (non-hydrogen) atoms. The first-order valence-corrected chi connectivity index (χ1v) is 6.15. The van der Waals surface area contributed by atoms with Gasteiger partial charge in [0.15, 0.2) is 5.79 Å². The number of hydrogen-bond acceptors (Lipinski definition) is 5. The van der Waals surface area contributed by atoms with Gasteiger partial charge in [0, 0.05) is 5.56 Å². The number of carboxylic acid groups (broad SMARTS) is 1. The first kappa shape index (κ1) is 18.4. The predicted octanol–water partition coefficient (Wildman–Crippen LogP) is 0.888. The summed E-state index contributed by atoms with van der Waals surface area (Å²) in [6.07, 6.45) is 0. The summed E-state index contributed by atoms with van der Waals surface area (Å²) in [6, 6.07) is 7.46. The summed E-state index contributed by atoms with van der Waals surface area (Å²) in [7, 11) is 12.0. The highest BCUT2D eigenvalue weighted by atomic mass is 16.3. The molecule has 0 spiro atoms. The van der Waals surface area contributed by atoms with E-state index in [0.29, 0.717) is 5.75 Å². The van der Waals surface area contributed by atoms with Crippen molar-refractivity contribution >= 4 is 6.47 Å². The molecule has 0 atom stereocenters. The number of nitrogens with zero attached hydrogens (tertiary/aromatic N) is 3. The van der Waals surface area contributed by atoms with E-state index < -0.39 is 5.79 Å². The maximum Gasteiger partial charge on any atom is 0.290 e. The Kier molecular flexibility index (Phi) is 7.20. The molecule has 6 heteroatoms. The average molecular weight is 283 g/mol. The molecule has 6 nitrogen and oxygen atoms in total. The molecule has 0 saturated carbocycles. The van der Waals surface area contributed by atoms with Crippen LogP contribution in [0, 0.1) is 0 Å². The first-order valence-electron chi connectivity index (χ1n) is 6.15. The number of aromatic hydroxyl groups is 1. The van der Waals surface area contributed by atoms with Gasteiger partial charge in [-0.1, -0.05) is 18.2 Å². The third-order valence-corrected chi connectivity index (χ3v) is 3.14. The van der Waals surface area contributed by atoms with Crippen LogP contribution in [0.2, 0.25) is 0 Å². The van der Waals surface area contributed by atoms with Crippen molar-refractivity contribution in [2.24, 2.45) is 0 Å². The van der Waals surface area contributed by atoms with Crippen LogP contribution in [0.5, 0.6) is 5.75 Å². The smallest absolute Gasteiger partial charge is 0.290 e. The Morgan fingerprint density at radius 1 is 0.950 bits per heavy atom. The van der Waals surface area contributed by atoms with Crippen LogP contribution in [0.15, 0.2) is 24.3 Å². The maximum atomic E-state index is 10.1.